The van der Waals surface area contributed by atoms with E-state index >= 15 is 0 Å². The summed E-state index contributed by atoms with van der Waals surface area (Å²) in [5, 5.41) is 1.89. The normalized spacial score (nSPS) is 24.6. The van der Waals surface area contributed by atoms with Gasteiger partial charge in [0.25, 0.3) is 0 Å². The van der Waals surface area contributed by atoms with Gasteiger partial charge in [-0.05, 0) is 31.2 Å². The standard InChI is InChI=1S/C13H16O3S.2CH4/c1-9(14)8-13(16-2)6-5-10(13)12(15)11-4-3-7-17-11;;/h3-4,7,10H,5-6,8H2,1-2H3;2*1H4. The van der Waals surface area contributed by atoms with Crippen LogP contribution in [0.2, 0.25) is 0 Å². The first-order valence-electron chi connectivity index (χ1n) is 5.71. The summed E-state index contributed by atoms with van der Waals surface area (Å²) >= 11 is 1.45. The van der Waals surface area contributed by atoms with Gasteiger partial charge in [0.15, 0.2) is 5.78 Å². The SMILES string of the molecule is C.C.COC1(CC(C)=O)CCC1C(=O)c1cccs1. The van der Waals surface area contributed by atoms with Gasteiger partial charge in [0.05, 0.1) is 16.4 Å². The van der Waals surface area contributed by atoms with Crippen LogP contribution in [0.4, 0.5) is 0 Å². The predicted molar refractivity (Wildman–Crippen MR) is 79.9 cm³/mol. The molecule has 0 saturated heterocycles. The molecule has 1 aromatic rings. The van der Waals surface area contributed by atoms with E-state index in [0.717, 1.165) is 17.7 Å². The first-order chi connectivity index (χ1) is 8.09. The maximum atomic E-state index is 12.3. The number of thiophene rings is 1. The molecule has 1 saturated carbocycles. The minimum absolute atomic E-state index is 0. The Labute approximate surface area is 120 Å². The summed E-state index contributed by atoms with van der Waals surface area (Å²) in [5.41, 5.74) is -0.549. The molecule has 1 aromatic heterocycles. The van der Waals surface area contributed by atoms with Crippen molar-refractivity contribution in [1.82, 2.24) is 0 Å². The molecule has 3 nitrogen and oxygen atoms in total. The van der Waals surface area contributed by atoms with Gasteiger partial charge in [-0.25, -0.2) is 0 Å². The molecule has 0 aliphatic heterocycles. The van der Waals surface area contributed by atoms with Crippen LogP contribution in [0, 0.1) is 5.92 Å². The molecule has 2 rings (SSSR count). The van der Waals surface area contributed by atoms with Gasteiger partial charge < -0.3 is 4.74 Å². The lowest BCUT2D eigenvalue weighted by atomic mass is 9.64. The van der Waals surface area contributed by atoms with Gasteiger partial charge in [0.2, 0.25) is 0 Å². The van der Waals surface area contributed by atoms with E-state index in [4.69, 9.17) is 4.74 Å². The second kappa shape index (κ2) is 6.96. The number of hydrogen-bond acceptors (Lipinski definition) is 4. The predicted octanol–water partition coefficient (Wildman–Crippen LogP) is 3.98. The summed E-state index contributed by atoms with van der Waals surface area (Å²) in [6.45, 7) is 1.55. The minimum atomic E-state index is -0.549. The van der Waals surface area contributed by atoms with Gasteiger partial charge in [-0.1, -0.05) is 20.9 Å². The van der Waals surface area contributed by atoms with Crippen molar-refractivity contribution >= 4 is 22.9 Å². The van der Waals surface area contributed by atoms with Gasteiger partial charge in [0, 0.05) is 13.5 Å². The molecule has 1 fully saturated rings. The highest BCUT2D eigenvalue weighted by Gasteiger charge is 2.51. The molecule has 2 unspecified atom stereocenters. The molecule has 1 aliphatic carbocycles. The van der Waals surface area contributed by atoms with Gasteiger partial charge >= 0.3 is 0 Å². The van der Waals surface area contributed by atoms with E-state index < -0.39 is 5.60 Å². The van der Waals surface area contributed by atoms with E-state index in [1.807, 2.05) is 17.5 Å². The summed E-state index contributed by atoms with van der Waals surface area (Å²) in [4.78, 5) is 24.3. The molecule has 1 aliphatic rings. The van der Waals surface area contributed by atoms with E-state index in [0.29, 0.717) is 6.42 Å². The molecule has 0 bridgehead atoms. The second-order valence-corrected chi connectivity index (χ2v) is 5.53. The zero-order valence-electron chi connectivity index (χ0n) is 10.1. The zero-order valence-corrected chi connectivity index (χ0v) is 10.9. The van der Waals surface area contributed by atoms with Crippen LogP contribution in [0.5, 0.6) is 0 Å². The molecule has 0 N–H and O–H groups in total. The summed E-state index contributed by atoms with van der Waals surface area (Å²) in [6, 6.07) is 3.70. The average Bonchev–Trinajstić information content (AvgIpc) is 2.77. The Bertz CT molecular complexity index is 421. The molecule has 0 spiro atoms. The van der Waals surface area contributed by atoms with Crippen LogP contribution in [0.25, 0.3) is 0 Å². The van der Waals surface area contributed by atoms with Crippen LogP contribution in [-0.4, -0.2) is 24.3 Å². The molecule has 1 heterocycles. The van der Waals surface area contributed by atoms with E-state index in [-0.39, 0.29) is 32.3 Å². The van der Waals surface area contributed by atoms with E-state index in [9.17, 15) is 9.59 Å². The first-order valence-corrected chi connectivity index (χ1v) is 6.59. The third-order valence-electron chi connectivity index (χ3n) is 3.53. The van der Waals surface area contributed by atoms with Gasteiger partial charge in [-0.2, -0.15) is 0 Å². The number of carbonyl (C=O) groups is 2. The van der Waals surface area contributed by atoms with E-state index in [1.165, 1.54) is 11.3 Å². The Morgan fingerprint density at radius 1 is 1.47 bits per heavy atom. The maximum Gasteiger partial charge on any atom is 0.178 e. The number of ether oxygens (including phenoxy) is 1. The highest BCUT2D eigenvalue weighted by Crippen LogP contribution is 2.46. The first kappa shape index (κ1) is 18.0. The van der Waals surface area contributed by atoms with E-state index in [1.54, 1.807) is 14.0 Å². The molecule has 19 heavy (non-hydrogen) atoms. The van der Waals surface area contributed by atoms with Crippen molar-refractivity contribution in [3.63, 3.8) is 0 Å². The average molecular weight is 284 g/mol. The quantitative estimate of drug-likeness (QED) is 0.768. The van der Waals surface area contributed by atoms with Crippen molar-refractivity contribution in [2.75, 3.05) is 7.11 Å². The van der Waals surface area contributed by atoms with Crippen molar-refractivity contribution in [3.8, 4) is 0 Å². The van der Waals surface area contributed by atoms with Crippen molar-refractivity contribution in [2.45, 2.75) is 46.6 Å². The fourth-order valence-electron chi connectivity index (χ4n) is 2.52. The summed E-state index contributed by atoms with van der Waals surface area (Å²) in [5.74, 6) is 0.0416. The summed E-state index contributed by atoms with van der Waals surface area (Å²) in [7, 11) is 1.59. The monoisotopic (exact) mass is 284 g/mol. The fraction of sp³-hybridized carbons (Fsp3) is 0.600. The molecule has 108 valence electrons. The van der Waals surface area contributed by atoms with Gasteiger partial charge in [0.1, 0.15) is 5.78 Å². The Hall–Kier alpha value is -1.000. The van der Waals surface area contributed by atoms with Gasteiger partial charge in [-0.3, -0.25) is 9.59 Å². The fourth-order valence-corrected chi connectivity index (χ4v) is 3.24. The van der Waals surface area contributed by atoms with E-state index in [2.05, 4.69) is 0 Å². The van der Waals surface area contributed by atoms with Crippen LogP contribution in [0.3, 0.4) is 0 Å². The lowest BCUT2D eigenvalue weighted by Crippen LogP contribution is -2.53. The highest BCUT2D eigenvalue weighted by atomic mass is 32.1. The molecular weight excluding hydrogens is 260 g/mol. The van der Waals surface area contributed by atoms with Crippen molar-refractivity contribution in [1.29, 1.82) is 0 Å². The third-order valence-corrected chi connectivity index (χ3v) is 4.41. The van der Waals surface area contributed by atoms with Crippen molar-refractivity contribution < 1.29 is 14.3 Å². The number of Topliss-reactive ketones (excluding diaryl/α,β-unsaturated/α-hetero) is 2. The molecule has 4 heteroatoms. The lowest BCUT2D eigenvalue weighted by molar-refractivity contribution is -0.139. The summed E-state index contributed by atoms with van der Waals surface area (Å²) in [6.07, 6.45) is 1.95. The van der Waals surface area contributed by atoms with Gasteiger partial charge in [-0.15, -0.1) is 11.3 Å². The number of rotatable bonds is 5. The van der Waals surface area contributed by atoms with Crippen molar-refractivity contribution in [2.24, 2.45) is 5.92 Å². The lowest BCUT2D eigenvalue weighted by Gasteiger charge is -2.47. The molecule has 2 atom stereocenters. The molecule has 0 radical (unpaired) electrons. The maximum absolute atomic E-state index is 12.3. The van der Waals surface area contributed by atoms with Crippen LogP contribution in [0.15, 0.2) is 17.5 Å². The Balaban J connectivity index is 0.00000162. The number of ketones is 2. The van der Waals surface area contributed by atoms with Crippen LogP contribution in [-0.2, 0) is 9.53 Å². The molecule has 0 aromatic carbocycles. The molecule has 0 amide bonds. The zero-order chi connectivity index (χ0) is 12.5. The minimum Gasteiger partial charge on any atom is -0.377 e. The third kappa shape index (κ3) is 3.31. The van der Waals surface area contributed by atoms with Crippen LogP contribution in [0.1, 0.15) is 50.7 Å². The number of hydrogen-bond donors (Lipinski definition) is 0. The number of methoxy groups -OCH3 is 1. The van der Waals surface area contributed by atoms with Crippen molar-refractivity contribution in [3.05, 3.63) is 22.4 Å². The highest BCUT2D eigenvalue weighted by molar-refractivity contribution is 7.12. The molecular formula is C15H24O3S. The summed E-state index contributed by atoms with van der Waals surface area (Å²) < 4.78 is 5.48. The topological polar surface area (TPSA) is 43.4 Å². The smallest absolute Gasteiger partial charge is 0.178 e. The largest absolute Gasteiger partial charge is 0.377 e. The Morgan fingerprint density at radius 2 is 2.16 bits per heavy atom. The van der Waals surface area contributed by atoms with Crippen LogP contribution < -0.4 is 0 Å². The Morgan fingerprint density at radius 3 is 2.53 bits per heavy atom. The Kier molecular flexibility index (Phi) is 6.60. The second-order valence-electron chi connectivity index (χ2n) is 4.58. The van der Waals surface area contributed by atoms with Crippen LogP contribution >= 0.6 is 11.3 Å². The number of carbonyl (C=O) groups excluding carboxylic acids is 2.